The first-order valence-corrected chi connectivity index (χ1v) is 9.93. The van der Waals surface area contributed by atoms with Gasteiger partial charge in [0, 0.05) is 13.1 Å². The quantitative estimate of drug-likeness (QED) is 0.825. The molecular formula is C21H26FN3O3. The lowest BCUT2D eigenvalue weighted by Crippen LogP contribution is -2.40. The molecule has 1 saturated heterocycles. The normalized spacial score (nSPS) is 20.0. The number of carbonyl (C=O) groups is 1. The van der Waals surface area contributed by atoms with E-state index in [1.54, 1.807) is 0 Å². The Labute approximate surface area is 163 Å². The van der Waals surface area contributed by atoms with Crippen LogP contribution in [0.2, 0.25) is 0 Å². The summed E-state index contributed by atoms with van der Waals surface area (Å²) in [5.41, 5.74) is 1.82. The fourth-order valence-electron chi connectivity index (χ4n) is 4.61. The number of pyridine rings is 2. The Morgan fingerprint density at radius 2 is 2.11 bits per heavy atom. The number of carboxylic acids is 1. The number of anilines is 1. The third kappa shape index (κ3) is 3.17. The van der Waals surface area contributed by atoms with Gasteiger partial charge in [-0.05, 0) is 75.2 Å². The summed E-state index contributed by atoms with van der Waals surface area (Å²) in [6.45, 7) is 4.29. The van der Waals surface area contributed by atoms with Gasteiger partial charge in [0.05, 0.1) is 17.4 Å². The maximum absolute atomic E-state index is 15.2. The van der Waals surface area contributed by atoms with Gasteiger partial charge in [-0.15, -0.1) is 0 Å². The molecule has 3 heterocycles. The molecule has 2 N–H and O–H groups in total. The molecule has 7 heteroatoms. The van der Waals surface area contributed by atoms with E-state index in [9.17, 15) is 14.7 Å². The van der Waals surface area contributed by atoms with Gasteiger partial charge in [0.1, 0.15) is 5.56 Å². The number of nitrogens with zero attached hydrogens (tertiary/aromatic N) is 2. The zero-order chi connectivity index (χ0) is 20.0. The monoisotopic (exact) mass is 387 g/mol. The van der Waals surface area contributed by atoms with Crippen LogP contribution in [0.25, 0.3) is 5.52 Å². The molecule has 1 atom stereocenters. The zero-order valence-corrected chi connectivity index (χ0v) is 16.3. The van der Waals surface area contributed by atoms with Crippen LogP contribution in [-0.2, 0) is 0 Å². The van der Waals surface area contributed by atoms with Crippen LogP contribution < -0.4 is 15.8 Å². The van der Waals surface area contributed by atoms with Crippen molar-refractivity contribution in [1.82, 2.24) is 9.72 Å². The highest BCUT2D eigenvalue weighted by atomic mass is 19.1. The minimum atomic E-state index is -1.27. The largest absolute Gasteiger partial charge is 0.477 e. The second-order valence-electron chi connectivity index (χ2n) is 8.08. The lowest BCUT2D eigenvalue weighted by molar-refractivity contribution is 0.0694. The second kappa shape index (κ2) is 7.20. The van der Waals surface area contributed by atoms with Gasteiger partial charge in [-0.2, -0.15) is 0 Å². The molecule has 1 aliphatic carbocycles. The molecule has 1 aliphatic heterocycles. The molecule has 28 heavy (non-hydrogen) atoms. The van der Waals surface area contributed by atoms with E-state index in [0.717, 1.165) is 56.4 Å². The highest BCUT2D eigenvalue weighted by Gasteiger charge is 2.31. The molecule has 0 bridgehead atoms. The van der Waals surface area contributed by atoms with Crippen molar-refractivity contribution in [3.63, 3.8) is 0 Å². The number of halogens is 1. The second-order valence-corrected chi connectivity index (χ2v) is 8.08. The molecule has 0 aromatic carbocycles. The smallest absolute Gasteiger partial charge is 0.341 e. The predicted octanol–water partition coefficient (Wildman–Crippen LogP) is 2.76. The van der Waals surface area contributed by atoms with Crippen LogP contribution in [-0.4, -0.2) is 42.2 Å². The number of rotatable bonds is 5. The average Bonchev–Trinajstić information content (AvgIpc) is 3.48. The van der Waals surface area contributed by atoms with Crippen molar-refractivity contribution < 1.29 is 14.3 Å². The molecule has 0 amide bonds. The van der Waals surface area contributed by atoms with Crippen molar-refractivity contribution in [2.24, 2.45) is 5.92 Å². The molecule has 1 unspecified atom stereocenters. The summed E-state index contributed by atoms with van der Waals surface area (Å²) in [6.07, 6.45) is 5.22. The third-order valence-corrected chi connectivity index (χ3v) is 6.02. The molecule has 2 fully saturated rings. The topological polar surface area (TPSA) is 74.0 Å². The van der Waals surface area contributed by atoms with Gasteiger partial charge in [-0.25, -0.2) is 9.18 Å². The number of aromatic nitrogens is 1. The number of aryl methyl sites for hydroxylation is 1. The Morgan fingerprint density at radius 3 is 2.75 bits per heavy atom. The minimum Gasteiger partial charge on any atom is -0.477 e. The van der Waals surface area contributed by atoms with Gasteiger partial charge in [0.15, 0.2) is 5.82 Å². The van der Waals surface area contributed by atoms with Crippen molar-refractivity contribution in [3.8, 4) is 0 Å². The first-order chi connectivity index (χ1) is 13.4. The lowest BCUT2D eigenvalue weighted by atomic mass is 9.96. The number of aromatic carboxylic acids is 1. The molecule has 6 nitrogen and oxygen atoms in total. The van der Waals surface area contributed by atoms with Crippen LogP contribution in [0, 0.1) is 18.7 Å². The molecule has 1 saturated carbocycles. The number of fused-ring (bicyclic) bond motifs is 1. The molecule has 2 aromatic rings. The van der Waals surface area contributed by atoms with E-state index in [1.165, 1.54) is 16.7 Å². The van der Waals surface area contributed by atoms with E-state index in [2.05, 4.69) is 10.2 Å². The number of carboxylic acid groups (broad SMARTS) is 1. The standard InChI is InChI=1S/C21H26FN3O3/c1-12-18-15(14-5-6-14)8-16(21(27)28)20(26)25(18)11-17(22)19(12)24-7-3-4-13(10-24)9-23-2/h8,11,13-14,23H,3-7,9-10H2,1-2H3,(H,27,28). The van der Waals surface area contributed by atoms with Gasteiger partial charge < -0.3 is 15.3 Å². The van der Waals surface area contributed by atoms with Crippen molar-refractivity contribution in [3.05, 3.63) is 45.1 Å². The van der Waals surface area contributed by atoms with Gasteiger partial charge in [0.2, 0.25) is 0 Å². The maximum atomic E-state index is 15.2. The van der Waals surface area contributed by atoms with Crippen LogP contribution >= 0.6 is 0 Å². The Bertz CT molecular complexity index is 995. The molecule has 0 spiro atoms. The van der Waals surface area contributed by atoms with Crippen LogP contribution in [0.1, 0.15) is 53.1 Å². The zero-order valence-electron chi connectivity index (χ0n) is 16.3. The summed E-state index contributed by atoms with van der Waals surface area (Å²) in [5, 5.41) is 12.6. The summed E-state index contributed by atoms with van der Waals surface area (Å²) < 4.78 is 16.4. The maximum Gasteiger partial charge on any atom is 0.341 e. The first kappa shape index (κ1) is 18.9. The van der Waals surface area contributed by atoms with Crippen molar-refractivity contribution in [2.75, 3.05) is 31.6 Å². The summed E-state index contributed by atoms with van der Waals surface area (Å²) in [7, 11) is 1.93. The number of nitrogens with one attached hydrogen (secondary N) is 1. The van der Waals surface area contributed by atoms with E-state index < -0.39 is 17.3 Å². The number of hydrogen-bond donors (Lipinski definition) is 2. The van der Waals surface area contributed by atoms with Gasteiger partial charge in [-0.1, -0.05) is 0 Å². The van der Waals surface area contributed by atoms with E-state index in [1.807, 2.05) is 14.0 Å². The molecule has 2 aliphatic rings. The van der Waals surface area contributed by atoms with Crippen molar-refractivity contribution in [1.29, 1.82) is 0 Å². The fourth-order valence-corrected chi connectivity index (χ4v) is 4.61. The summed E-state index contributed by atoms with van der Waals surface area (Å²) in [6, 6.07) is 1.51. The highest BCUT2D eigenvalue weighted by Crippen LogP contribution is 2.44. The predicted molar refractivity (Wildman–Crippen MR) is 106 cm³/mol. The van der Waals surface area contributed by atoms with E-state index in [0.29, 0.717) is 17.1 Å². The summed E-state index contributed by atoms with van der Waals surface area (Å²) in [5.74, 6) is -1.05. The molecule has 150 valence electrons. The average molecular weight is 387 g/mol. The van der Waals surface area contributed by atoms with Crippen LogP contribution in [0.5, 0.6) is 0 Å². The van der Waals surface area contributed by atoms with E-state index in [4.69, 9.17) is 0 Å². The number of hydrogen-bond acceptors (Lipinski definition) is 4. The van der Waals surface area contributed by atoms with Crippen LogP contribution in [0.3, 0.4) is 0 Å². The number of piperidine rings is 1. The lowest BCUT2D eigenvalue weighted by Gasteiger charge is -2.36. The van der Waals surface area contributed by atoms with Gasteiger partial charge in [-0.3, -0.25) is 9.20 Å². The first-order valence-electron chi connectivity index (χ1n) is 9.93. The third-order valence-electron chi connectivity index (χ3n) is 6.02. The van der Waals surface area contributed by atoms with E-state index in [-0.39, 0.29) is 11.5 Å². The van der Waals surface area contributed by atoms with Crippen molar-refractivity contribution in [2.45, 2.75) is 38.5 Å². The SMILES string of the molecule is CNCC1CCCN(c2c(F)cn3c(=O)c(C(=O)O)cc(C4CC4)c3c2C)C1. The fraction of sp³-hybridized carbons (Fsp3) is 0.524. The Kier molecular flexibility index (Phi) is 4.87. The Morgan fingerprint density at radius 1 is 1.36 bits per heavy atom. The van der Waals surface area contributed by atoms with Gasteiger partial charge >= 0.3 is 5.97 Å². The van der Waals surface area contributed by atoms with E-state index >= 15 is 4.39 Å². The van der Waals surface area contributed by atoms with Gasteiger partial charge in [0.25, 0.3) is 5.56 Å². The molecule has 4 rings (SSSR count). The Hall–Kier alpha value is -2.41. The molecule has 0 radical (unpaired) electrons. The Balaban J connectivity index is 1.90. The summed E-state index contributed by atoms with van der Waals surface area (Å²) in [4.78, 5) is 26.3. The molecule has 2 aromatic heterocycles. The molecular weight excluding hydrogens is 361 g/mol. The van der Waals surface area contributed by atoms with Crippen molar-refractivity contribution >= 4 is 17.2 Å². The van der Waals surface area contributed by atoms with Crippen LogP contribution in [0.15, 0.2) is 17.1 Å². The summed E-state index contributed by atoms with van der Waals surface area (Å²) >= 11 is 0. The van der Waals surface area contributed by atoms with Crippen LogP contribution in [0.4, 0.5) is 10.1 Å². The highest BCUT2D eigenvalue weighted by molar-refractivity contribution is 5.89. The minimum absolute atomic E-state index is 0.240.